The number of nitrogens with one attached hydrogen (secondary N) is 1. The van der Waals surface area contributed by atoms with Crippen LogP contribution >= 0.6 is 0 Å². The third-order valence-electron chi connectivity index (χ3n) is 3.12. The van der Waals surface area contributed by atoms with Gasteiger partial charge in [0.15, 0.2) is 0 Å². The Balaban J connectivity index is 1.69. The highest BCUT2D eigenvalue weighted by molar-refractivity contribution is 4.81. The minimum atomic E-state index is 0.633. The standard InChI is InChI=1S/C10H20N2O/c1-12-5-2-9(3-6-12)11-10-4-7-13-8-10/h9-11H,2-8H2,1H3. The maximum Gasteiger partial charge on any atom is 0.0620 e. The molecule has 2 saturated heterocycles. The van der Waals surface area contributed by atoms with Gasteiger partial charge in [0.25, 0.3) is 0 Å². The fourth-order valence-electron chi connectivity index (χ4n) is 2.17. The Bertz CT molecular complexity index is 149. The first-order valence-corrected chi connectivity index (χ1v) is 5.37. The Morgan fingerprint density at radius 1 is 1.15 bits per heavy atom. The predicted molar refractivity (Wildman–Crippen MR) is 52.9 cm³/mol. The van der Waals surface area contributed by atoms with Crippen molar-refractivity contribution in [1.29, 1.82) is 0 Å². The van der Waals surface area contributed by atoms with E-state index in [0.29, 0.717) is 6.04 Å². The molecule has 1 atom stereocenters. The summed E-state index contributed by atoms with van der Waals surface area (Å²) in [6, 6.07) is 1.37. The maximum atomic E-state index is 5.35. The summed E-state index contributed by atoms with van der Waals surface area (Å²) in [4.78, 5) is 2.41. The maximum absolute atomic E-state index is 5.35. The van der Waals surface area contributed by atoms with Gasteiger partial charge in [0.1, 0.15) is 0 Å². The van der Waals surface area contributed by atoms with Crippen molar-refractivity contribution in [1.82, 2.24) is 10.2 Å². The van der Waals surface area contributed by atoms with E-state index in [-0.39, 0.29) is 0 Å². The van der Waals surface area contributed by atoms with Gasteiger partial charge in [-0.2, -0.15) is 0 Å². The molecule has 3 nitrogen and oxygen atoms in total. The van der Waals surface area contributed by atoms with Gasteiger partial charge in [0, 0.05) is 18.7 Å². The van der Waals surface area contributed by atoms with Crippen LogP contribution in [-0.2, 0) is 4.74 Å². The van der Waals surface area contributed by atoms with E-state index in [0.717, 1.165) is 19.3 Å². The van der Waals surface area contributed by atoms with Gasteiger partial charge in [-0.15, -0.1) is 0 Å². The zero-order valence-corrected chi connectivity index (χ0v) is 8.46. The molecule has 0 aromatic heterocycles. The third-order valence-corrected chi connectivity index (χ3v) is 3.12. The number of hydrogen-bond donors (Lipinski definition) is 1. The summed E-state index contributed by atoms with van der Waals surface area (Å²) in [7, 11) is 2.20. The molecule has 1 N–H and O–H groups in total. The van der Waals surface area contributed by atoms with Gasteiger partial charge in [-0.05, 0) is 39.4 Å². The lowest BCUT2D eigenvalue weighted by atomic mass is 10.0. The van der Waals surface area contributed by atoms with Crippen LogP contribution < -0.4 is 5.32 Å². The minimum absolute atomic E-state index is 0.633. The van der Waals surface area contributed by atoms with Crippen molar-refractivity contribution in [3.8, 4) is 0 Å². The lowest BCUT2D eigenvalue weighted by Crippen LogP contribution is -2.45. The topological polar surface area (TPSA) is 24.5 Å². The SMILES string of the molecule is CN1CCC(NC2CCOC2)CC1. The highest BCUT2D eigenvalue weighted by atomic mass is 16.5. The summed E-state index contributed by atoms with van der Waals surface area (Å²) in [5.74, 6) is 0. The molecule has 0 bridgehead atoms. The van der Waals surface area contributed by atoms with Gasteiger partial charge in [0.2, 0.25) is 0 Å². The van der Waals surface area contributed by atoms with Crippen LogP contribution in [0.1, 0.15) is 19.3 Å². The van der Waals surface area contributed by atoms with Crippen LogP contribution in [0.2, 0.25) is 0 Å². The average molecular weight is 184 g/mol. The predicted octanol–water partition coefficient (Wildman–Crippen LogP) is 0.459. The van der Waals surface area contributed by atoms with Crippen molar-refractivity contribution in [2.24, 2.45) is 0 Å². The lowest BCUT2D eigenvalue weighted by molar-refractivity contribution is 0.179. The molecule has 2 aliphatic heterocycles. The molecule has 13 heavy (non-hydrogen) atoms. The van der Waals surface area contributed by atoms with Crippen LogP contribution in [0, 0.1) is 0 Å². The van der Waals surface area contributed by atoms with Crippen LogP contribution in [0.5, 0.6) is 0 Å². The molecule has 1 unspecified atom stereocenters. The molecule has 0 radical (unpaired) electrons. The van der Waals surface area contributed by atoms with E-state index in [1.165, 1.54) is 32.4 Å². The molecule has 2 aliphatic rings. The number of nitrogens with zero attached hydrogens (tertiary/aromatic N) is 1. The van der Waals surface area contributed by atoms with Crippen LogP contribution in [0.25, 0.3) is 0 Å². The van der Waals surface area contributed by atoms with Gasteiger partial charge < -0.3 is 15.0 Å². The zero-order chi connectivity index (χ0) is 9.10. The van der Waals surface area contributed by atoms with Crippen molar-refractivity contribution in [2.75, 3.05) is 33.4 Å². The van der Waals surface area contributed by atoms with Gasteiger partial charge in [-0.25, -0.2) is 0 Å². The average Bonchev–Trinajstić information content (AvgIpc) is 2.62. The fourth-order valence-corrected chi connectivity index (χ4v) is 2.17. The summed E-state index contributed by atoms with van der Waals surface area (Å²) in [6.07, 6.45) is 3.80. The second-order valence-corrected chi connectivity index (χ2v) is 4.30. The van der Waals surface area contributed by atoms with Gasteiger partial charge in [-0.3, -0.25) is 0 Å². The Morgan fingerprint density at radius 2 is 1.92 bits per heavy atom. The van der Waals surface area contributed by atoms with Crippen molar-refractivity contribution in [3.63, 3.8) is 0 Å². The molecule has 2 rings (SSSR count). The molecule has 0 amide bonds. The van der Waals surface area contributed by atoms with Gasteiger partial charge in [0.05, 0.1) is 6.61 Å². The molecule has 0 spiro atoms. The first-order valence-electron chi connectivity index (χ1n) is 5.37. The highest BCUT2D eigenvalue weighted by Crippen LogP contribution is 2.12. The van der Waals surface area contributed by atoms with Crippen LogP contribution in [0.4, 0.5) is 0 Å². The number of rotatable bonds is 2. The van der Waals surface area contributed by atoms with E-state index in [4.69, 9.17) is 4.74 Å². The van der Waals surface area contributed by atoms with Crippen molar-refractivity contribution in [3.05, 3.63) is 0 Å². The number of hydrogen-bond acceptors (Lipinski definition) is 3. The quantitative estimate of drug-likeness (QED) is 0.675. The smallest absolute Gasteiger partial charge is 0.0620 e. The fraction of sp³-hybridized carbons (Fsp3) is 1.00. The van der Waals surface area contributed by atoms with Gasteiger partial charge in [-0.1, -0.05) is 0 Å². The molecule has 2 heterocycles. The number of likely N-dealkylation sites (tertiary alicyclic amines) is 1. The molecule has 3 heteroatoms. The summed E-state index contributed by atoms with van der Waals surface area (Å²) in [5.41, 5.74) is 0. The highest BCUT2D eigenvalue weighted by Gasteiger charge is 2.22. The van der Waals surface area contributed by atoms with E-state index in [9.17, 15) is 0 Å². The van der Waals surface area contributed by atoms with E-state index >= 15 is 0 Å². The first-order chi connectivity index (χ1) is 6.34. The molecular weight excluding hydrogens is 164 g/mol. The molecule has 0 aromatic rings. The normalized spacial score (nSPS) is 32.5. The Labute approximate surface area is 80.4 Å². The summed E-state index contributed by atoms with van der Waals surface area (Å²) in [5, 5.41) is 3.69. The first kappa shape index (κ1) is 9.44. The van der Waals surface area contributed by atoms with Crippen LogP contribution in [0.15, 0.2) is 0 Å². The Hall–Kier alpha value is -0.120. The second kappa shape index (κ2) is 4.40. The largest absolute Gasteiger partial charge is 0.380 e. The monoisotopic (exact) mass is 184 g/mol. The molecule has 0 aromatic carbocycles. The van der Waals surface area contributed by atoms with Crippen molar-refractivity contribution < 1.29 is 4.74 Å². The molecule has 2 fully saturated rings. The molecule has 76 valence electrons. The van der Waals surface area contributed by atoms with E-state index in [1.807, 2.05) is 0 Å². The zero-order valence-electron chi connectivity index (χ0n) is 8.46. The molecule has 0 aliphatic carbocycles. The number of ether oxygens (including phenoxy) is 1. The summed E-state index contributed by atoms with van der Waals surface area (Å²) < 4.78 is 5.35. The molecule has 0 saturated carbocycles. The van der Waals surface area contributed by atoms with E-state index in [1.54, 1.807) is 0 Å². The Kier molecular flexibility index (Phi) is 3.19. The Morgan fingerprint density at radius 3 is 2.54 bits per heavy atom. The van der Waals surface area contributed by atoms with Crippen molar-refractivity contribution in [2.45, 2.75) is 31.3 Å². The van der Waals surface area contributed by atoms with Gasteiger partial charge >= 0.3 is 0 Å². The molecular formula is C10H20N2O. The number of piperidine rings is 1. The summed E-state index contributed by atoms with van der Waals surface area (Å²) in [6.45, 7) is 4.35. The van der Waals surface area contributed by atoms with Crippen molar-refractivity contribution >= 4 is 0 Å². The third kappa shape index (κ3) is 2.66. The van der Waals surface area contributed by atoms with Crippen LogP contribution in [0.3, 0.4) is 0 Å². The summed E-state index contributed by atoms with van der Waals surface area (Å²) >= 11 is 0. The second-order valence-electron chi connectivity index (χ2n) is 4.30. The van der Waals surface area contributed by atoms with E-state index < -0.39 is 0 Å². The lowest BCUT2D eigenvalue weighted by Gasteiger charge is -2.31. The van der Waals surface area contributed by atoms with E-state index in [2.05, 4.69) is 17.3 Å². The minimum Gasteiger partial charge on any atom is -0.380 e. The van der Waals surface area contributed by atoms with Crippen LogP contribution in [-0.4, -0.2) is 50.3 Å².